The monoisotopic (exact) mass is 428 g/mol. The second-order valence-electron chi connectivity index (χ2n) is 7.14. The molecule has 1 aliphatic carbocycles. The summed E-state index contributed by atoms with van der Waals surface area (Å²) in [6, 6.07) is 12.1. The molecule has 2 aromatic carbocycles. The number of fused-ring (bicyclic) bond motifs is 3. The van der Waals surface area contributed by atoms with Crippen molar-refractivity contribution in [1.29, 1.82) is 0 Å². The average molecular weight is 429 g/mol. The largest absolute Gasteiger partial charge is 0.480 e. The summed E-state index contributed by atoms with van der Waals surface area (Å²) < 4.78 is 6.11. The second-order valence-corrected chi connectivity index (χ2v) is 8.05. The van der Waals surface area contributed by atoms with E-state index in [0.29, 0.717) is 16.9 Å². The number of ketones is 1. The average Bonchev–Trinajstić information content (AvgIpc) is 3.29. The molecule has 0 bridgehead atoms. The molecule has 2 aliphatic rings. The number of esters is 1. The van der Waals surface area contributed by atoms with E-state index in [9.17, 15) is 19.5 Å². The zero-order valence-electron chi connectivity index (χ0n) is 14.8. The summed E-state index contributed by atoms with van der Waals surface area (Å²) in [6.07, 6.45) is 0.220. The molecule has 4 rings (SSSR count). The van der Waals surface area contributed by atoms with E-state index < -0.39 is 28.7 Å². The van der Waals surface area contributed by atoms with E-state index in [1.54, 1.807) is 49.4 Å². The van der Waals surface area contributed by atoms with E-state index in [1.807, 2.05) is 6.92 Å². The van der Waals surface area contributed by atoms with E-state index in [-0.39, 0.29) is 12.2 Å². The third-order valence-electron chi connectivity index (χ3n) is 5.97. The van der Waals surface area contributed by atoms with Gasteiger partial charge in [0.2, 0.25) is 0 Å². The van der Waals surface area contributed by atoms with Gasteiger partial charge in [0.1, 0.15) is 5.75 Å². The van der Waals surface area contributed by atoms with Gasteiger partial charge in [-0.2, -0.15) is 0 Å². The Morgan fingerprint density at radius 2 is 1.85 bits per heavy atom. The highest BCUT2D eigenvalue weighted by atomic mass is 79.9. The molecule has 1 heterocycles. The highest BCUT2D eigenvalue weighted by molar-refractivity contribution is 9.10. The lowest BCUT2D eigenvalue weighted by atomic mass is 9.83. The molecule has 0 radical (unpaired) electrons. The number of carbonyl (C=O) groups is 3. The Labute approximate surface area is 164 Å². The van der Waals surface area contributed by atoms with Crippen LogP contribution in [0.25, 0.3) is 0 Å². The predicted octanol–water partition coefficient (Wildman–Crippen LogP) is 4.12. The van der Waals surface area contributed by atoms with Gasteiger partial charge in [-0.3, -0.25) is 14.4 Å². The molecule has 0 aromatic heterocycles. The van der Waals surface area contributed by atoms with Crippen LogP contribution in [0, 0.1) is 17.8 Å². The minimum absolute atomic E-state index is 0.220. The lowest BCUT2D eigenvalue weighted by molar-refractivity contribution is -0.158. The Kier molecular flexibility index (Phi) is 3.82. The molecular formula is C21H17BrO5. The van der Waals surface area contributed by atoms with Crippen molar-refractivity contribution in [3.63, 3.8) is 0 Å². The quantitative estimate of drug-likeness (QED) is 0.342. The number of benzene rings is 2. The van der Waals surface area contributed by atoms with E-state index in [2.05, 4.69) is 15.9 Å². The number of aliphatic carboxylic acids is 1. The Balaban J connectivity index is 1.95. The maximum absolute atomic E-state index is 13.5. The van der Waals surface area contributed by atoms with Gasteiger partial charge in [-0.05, 0) is 31.5 Å². The first-order chi connectivity index (χ1) is 12.8. The lowest BCUT2D eigenvalue weighted by Crippen LogP contribution is -2.39. The number of carboxylic acids is 1. The van der Waals surface area contributed by atoms with Crippen LogP contribution in [0.1, 0.15) is 40.7 Å². The summed E-state index contributed by atoms with van der Waals surface area (Å²) >= 11 is 3.38. The van der Waals surface area contributed by atoms with Gasteiger partial charge in [-0.1, -0.05) is 52.7 Å². The van der Waals surface area contributed by atoms with Crippen molar-refractivity contribution in [1.82, 2.24) is 0 Å². The zero-order chi connectivity index (χ0) is 19.6. The summed E-state index contributed by atoms with van der Waals surface area (Å²) in [4.78, 5) is 38.7. The molecule has 1 aliphatic heterocycles. The molecule has 3 unspecified atom stereocenters. The number of rotatable bonds is 4. The number of hydrogen-bond donors (Lipinski definition) is 1. The zero-order valence-corrected chi connectivity index (χ0v) is 16.4. The van der Waals surface area contributed by atoms with Crippen LogP contribution in [0.4, 0.5) is 0 Å². The summed E-state index contributed by atoms with van der Waals surface area (Å²) in [5, 5.41) is 10.0. The second kappa shape index (κ2) is 5.76. The molecule has 1 N–H and O–H groups in total. The van der Waals surface area contributed by atoms with Crippen LogP contribution >= 0.6 is 15.9 Å². The van der Waals surface area contributed by atoms with Crippen LogP contribution in [0.3, 0.4) is 0 Å². The standard InChI is InChI=1S/C21H17BrO5/c1-3-20(17(23)12-6-4-11(2)5-7-12)16-14-10-13(22)8-9-15(14)27-19(26)21(16,20)18(24)25/h4-10,16H,3H2,1-2H3,(H,24,25). The first-order valence-corrected chi connectivity index (χ1v) is 9.46. The number of halogens is 1. The van der Waals surface area contributed by atoms with Gasteiger partial charge in [0.15, 0.2) is 11.2 Å². The molecule has 2 aromatic rings. The minimum atomic E-state index is -1.89. The van der Waals surface area contributed by atoms with E-state index >= 15 is 0 Å². The molecule has 0 spiro atoms. The fourth-order valence-electron chi connectivity index (χ4n) is 4.67. The van der Waals surface area contributed by atoms with Crippen LogP contribution in [-0.4, -0.2) is 22.8 Å². The molecule has 1 saturated carbocycles. The Bertz CT molecular complexity index is 996. The molecule has 0 amide bonds. The maximum Gasteiger partial charge on any atom is 0.330 e. The Morgan fingerprint density at radius 3 is 2.44 bits per heavy atom. The number of Topliss-reactive ketones (excluding diaryl/α,β-unsaturated/α-hetero) is 1. The van der Waals surface area contributed by atoms with Crippen molar-refractivity contribution in [3.8, 4) is 5.75 Å². The van der Waals surface area contributed by atoms with E-state index in [1.165, 1.54) is 0 Å². The third kappa shape index (κ3) is 2.07. The van der Waals surface area contributed by atoms with Gasteiger partial charge in [-0.25, -0.2) is 0 Å². The molecule has 5 nitrogen and oxygen atoms in total. The molecule has 1 fully saturated rings. The van der Waals surface area contributed by atoms with Crippen molar-refractivity contribution in [2.24, 2.45) is 10.8 Å². The van der Waals surface area contributed by atoms with Crippen LogP contribution in [-0.2, 0) is 9.59 Å². The fraction of sp³-hybridized carbons (Fsp3) is 0.286. The smallest absolute Gasteiger partial charge is 0.330 e. The molecule has 3 atom stereocenters. The number of aryl methyl sites for hydroxylation is 1. The lowest BCUT2D eigenvalue weighted by Gasteiger charge is -2.20. The maximum atomic E-state index is 13.5. The minimum Gasteiger partial charge on any atom is -0.480 e. The SMILES string of the molecule is CCC1(C(=O)c2ccc(C)cc2)C2c3cc(Br)ccc3OC(=O)C21C(=O)O. The number of ether oxygens (including phenoxy) is 1. The van der Waals surface area contributed by atoms with Crippen molar-refractivity contribution < 1.29 is 24.2 Å². The van der Waals surface area contributed by atoms with Gasteiger partial charge >= 0.3 is 11.9 Å². The number of hydrogen-bond acceptors (Lipinski definition) is 4. The molecule has 27 heavy (non-hydrogen) atoms. The van der Waals surface area contributed by atoms with Crippen molar-refractivity contribution in [3.05, 3.63) is 63.6 Å². The van der Waals surface area contributed by atoms with Gasteiger partial charge in [0.05, 0.1) is 5.41 Å². The summed E-state index contributed by atoms with van der Waals surface area (Å²) in [5.74, 6) is -2.95. The molecule has 138 valence electrons. The van der Waals surface area contributed by atoms with E-state index in [4.69, 9.17) is 4.74 Å². The first-order valence-electron chi connectivity index (χ1n) is 8.67. The van der Waals surface area contributed by atoms with Crippen LogP contribution < -0.4 is 4.74 Å². The van der Waals surface area contributed by atoms with Gasteiger partial charge in [0, 0.05) is 21.5 Å². The predicted molar refractivity (Wildman–Crippen MR) is 101 cm³/mol. The first kappa shape index (κ1) is 17.9. The summed E-state index contributed by atoms with van der Waals surface area (Å²) in [6.45, 7) is 3.66. The fourth-order valence-corrected chi connectivity index (χ4v) is 5.05. The summed E-state index contributed by atoms with van der Waals surface area (Å²) in [7, 11) is 0. The molecule has 6 heteroatoms. The Hall–Kier alpha value is -2.47. The molecular weight excluding hydrogens is 412 g/mol. The van der Waals surface area contributed by atoms with E-state index in [0.717, 1.165) is 10.0 Å². The van der Waals surface area contributed by atoms with Crippen molar-refractivity contribution in [2.75, 3.05) is 0 Å². The highest BCUT2D eigenvalue weighted by Gasteiger charge is 2.89. The molecule has 0 saturated heterocycles. The van der Waals surface area contributed by atoms with Gasteiger partial charge in [0.25, 0.3) is 0 Å². The Morgan fingerprint density at radius 1 is 1.19 bits per heavy atom. The van der Waals surface area contributed by atoms with Crippen LogP contribution in [0.15, 0.2) is 46.9 Å². The topological polar surface area (TPSA) is 80.7 Å². The van der Waals surface area contributed by atoms with Gasteiger partial charge < -0.3 is 9.84 Å². The van der Waals surface area contributed by atoms with Crippen molar-refractivity contribution in [2.45, 2.75) is 26.2 Å². The van der Waals surface area contributed by atoms with Crippen molar-refractivity contribution >= 4 is 33.7 Å². The normalized spacial score (nSPS) is 28.0. The van der Waals surface area contributed by atoms with Crippen LogP contribution in [0.2, 0.25) is 0 Å². The highest BCUT2D eigenvalue weighted by Crippen LogP contribution is 2.79. The van der Waals surface area contributed by atoms with Crippen LogP contribution in [0.5, 0.6) is 5.75 Å². The third-order valence-corrected chi connectivity index (χ3v) is 6.46. The summed E-state index contributed by atoms with van der Waals surface area (Å²) in [5.41, 5.74) is -1.28. The number of carbonyl (C=O) groups excluding carboxylic acids is 2. The number of carboxylic acid groups (broad SMARTS) is 1. The van der Waals surface area contributed by atoms with Gasteiger partial charge in [-0.15, -0.1) is 0 Å².